The van der Waals surface area contributed by atoms with Crippen LogP contribution < -0.4 is 9.47 Å². The van der Waals surface area contributed by atoms with Gasteiger partial charge < -0.3 is 23.4 Å². The van der Waals surface area contributed by atoms with Crippen LogP contribution >= 0.6 is 0 Å². The van der Waals surface area contributed by atoms with Crippen LogP contribution in [0.15, 0.2) is 64.2 Å². The Balaban J connectivity index is 1.85. The molecule has 0 fully saturated rings. The van der Waals surface area contributed by atoms with Crippen LogP contribution in [0.3, 0.4) is 0 Å². The van der Waals surface area contributed by atoms with Gasteiger partial charge in [0.1, 0.15) is 24.0 Å². The second-order valence-corrected chi connectivity index (χ2v) is 4.80. The summed E-state index contributed by atoms with van der Waals surface area (Å²) in [6.07, 6.45) is 4.96. The molecule has 2 aromatic heterocycles. The van der Waals surface area contributed by atoms with Gasteiger partial charge in [-0.25, -0.2) is 14.4 Å². The van der Waals surface area contributed by atoms with Crippen LogP contribution in [0.2, 0.25) is 0 Å². The van der Waals surface area contributed by atoms with Gasteiger partial charge in [0, 0.05) is 6.07 Å². The van der Waals surface area contributed by atoms with Crippen LogP contribution in [0.4, 0.5) is 0 Å². The molecule has 0 amide bonds. The van der Waals surface area contributed by atoms with Crippen molar-refractivity contribution in [2.75, 3.05) is 0 Å². The third-order valence-electron chi connectivity index (χ3n) is 3.06. The van der Waals surface area contributed by atoms with Crippen molar-refractivity contribution in [1.29, 1.82) is 0 Å². The molecule has 25 heavy (non-hydrogen) atoms. The number of ether oxygens (including phenoxy) is 2. The van der Waals surface area contributed by atoms with Gasteiger partial charge in [0.05, 0.1) is 29.2 Å². The number of hydrogen-bond donors (Lipinski definition) is 1. The van der Waals surface area contributed by atoms with Gasteiger partial charge >= 0.3 is 17.9 Å². The number of carboxylic acid groups (broad SMARTS) is 1. The van der Waals surface area contributed by atoms with E-state index >= 15 is 0 Å². The van der Waals surface area contributed by atoms with Gasteiger partial charge in [-0.15, -0.1) is 0 Å². The molecule has 0 atom stereocenters. The van der Waals surface area contributed by atoms with E-state index in [0.29, 0.717) is 0 Å². The zero-order chi connectivity index (χ0) is 17.8. The lowest BCUT2D eigenvalue weighted by molar-refractivity contribution is 0.0679. The Morgan fingerprint density at radius 3 is 1.60 bits per heavy atom. The topological polar surface area (TPSA) is 116 Å². The van der Waals surface area contributed by atoms with E-state index in [2.05, 4.69) is 0 Å². The van der Waals surface area contributed by atoms with Crippen molar-refractivity contribution in [3.63, 3.8) is 0 Å². The third kappa shape index (κ3) is 3.75. The Bertz CT molecular complexity index is 840. The number of carbonyl (C=O) groups is 3. The summed E-state index contributed by atoms with van der Waals surface area (Å²) in [7, 11) is 0. The number of hydrogen-bond acceptors (Lipinski definition) is 7. The number of rotatable bonds is 5. The summed E-state index contributed by atoms with van der Waals surface area (Å²) < 4.78 is 19.7. The van der Waals surface area contributed by atoms with E-state index in [0.717, 1.165) is 12.1 Å². The summed E-state index contributed by atoms with van der Waals surface area (Å²) in [4.78, 5) is 35.1. The Hall–Kier alpha value is -3.81. The number of esters is 2. The van der Waals surface area contributed by atoms with Crippen LogP contribution in [-0.4, -0.2) is 23.0 Å². The Morgan fingerprint density at radius 1 is 0.760 bits per heavy atom. The molecule has 0 unspecified atom stereocenters. The molecule has 3 rings (SSSR count). The van der Waals surface area contributed by atoms with Crippen molar-refractivity contribution >= 4 is 17.9 Å². The lowest BCUT2D eigenvalue weighted by Crippen LogP contribution is -2.10. The van der Waals surface area contributed by atoms with E-state index in [4.69, 9.17) is 23.4 Å². The van der Waals surface area contributed by atoms with Crippen LogP contribution in [0.1, 0.15) is 31.1 Å². The van der Waals surface area contributed by atoms with Crippen molar-refractivity contribution < 1.29 is 37.8 Å². The Kier molecular flexibility index (Phi) is 4.34. The first-order chi connectivity index (χ1) is 12.0. The highest BCUT2D eigenvalue weighted by Gasteiger charge is 2.16. The van der Waals surface area contributed by atoms with Gasteiger partial charge in [-0.05, 0) is 24.3 Å². The van der Waals surface area contributed by atoms with Gasteiger partial charge in [-0.3, -0.25) is 0 Å². The highest BCUT2D eigenvalue weighted by Crippen LogP contribution is 2.25. The maximum Gasteiger partial charge on any atom is 0.346 e. The molecule has 2 heterocycles. The molecule has 0 bridgehead atoms. The molecule has 8 heteroatoms. The van der Waals surface area contributed by atoms with E-state index in [9.17, 15) is 14.4 Å². The number of benzene rings is 1. The number of furan rings is 2. The van der Waals surface area contributed by atoms with E-state index < -0.39 is 17.9 Å². The Labute approximate surface area is 140 Å². The van der Waals surface area contributed by atoms with Crippen molar-refractivity contribution in [3.05, 3.63) is 72.1 Å². The van der Waals surface area contributed by atoms with Gasteiger partial charge in [-0.1, -0.05) is 0 Å². The van der Waals surface area contributed by atoms with Gasteiger partial charge in [0.15, 0.2) is 0 Å². The first-order valence-corrected chi connectivity index (χ1v) is 6.90. The van der Waals surface area contributed by atoms with Crippen LogP contribution in [0.25, 0.3) is 0 Å². The van der Waals surface area contributed by atoms with E-state index in [1.54, 1.807) is 0 Å². The monoisotopic (exact) mass is 342 g/mol. The molecule has 8 nitrogen and oxygen atoms in total. The molecular formula is C17H10O8. The Morgan fingerprint density at radius 2 is 1.24 bits per heavy atom. The standard InChI is InChI=1S/C17H10O8/c18-15(19)12-5-13(24-16(20)10-1-3-22-8-10)7-14(6-12)25-17(21)11-2-4-23-9-11/h1-9H,(H,18,19). The summed E-state index contributed by atoms with van der Waals surface area (Å²) in [6.45, 7) is 0. The van der Waals surface area contributed by atoms with E-state index in [1.165, 1.54) is 43.3 Å². The fraction of sp³-hybridized carbons (Fsp3) is 0. The first-order valence-electron chi connectivity index (χ1n) is 6.90. The van der Waals surface area contributed by atoms with Crippen molar-refractivity contribution in [2.45, 2.75) is 0 Å². The van der Waals surface area contributed by atoms with Crippen molar-refractivity contribution in [1.82, 2.24) is 0 Å². The smallest absolute Gasteiger partial charge is 0.346 e. The third-order valence-corrected chi connectivity index (χ3v) is 3.06. The van der Waals surface area contributed by atoms with E-state index in [-0.39, 0.29) is 28.2 Å². The van der Waals surface area contributed by atoms with Crippen LogP contribution in [0.5, 0.6) is 11.5 Å². The zero-order valence-corrected chi connectivity index (χ0v) is 12.5. The average molecular weight is 342 g/mol. The summed E-state index contributed by atoms with van der Waals surface area (Å²) >= 11 is 0. The molecular weight excluding hydrogens is 332 g/mol. The molecule has 0 spiro atoms. The normalized spacial score (nSPS) is 10.2. The molecule has 0 saturated heterocycles. The number of carboxylic acids is 1. The predicted octanol–water partition coefficient (Wildman–Crippen LogP) is 3.01. The van der Waals surface area contributed by atoms with Crippen LogP contribution in [0, 0.1) is 0 Å². The van der Waals surface area contributed by atoms with Gasteiger partial charge in [0.25, 0.3) is 0 Å². The lowest BCUT2D eigenvalue weighted by Gasteiger charge is -2.08. The molecule has 0 saturated carbocycles. The molecule has 1 aromatic carbocycles. The molecule has 0 aliphatic heterocycles. The molecule has 0 aliphatic rings. The zero-order valence-electron chi connectivity index (χ0n) is 12.5. The molecule has 0 radical (unpaired) electrons. The second-order valence-electron chi connectivity index (χ2n) is 4.80. The number of carbonyl (C=O) groups excluding carboxylic acids is 2. The van der Waals surface area contributed by atoms with Gasteiger partial charge in [-0.2, -0.15) is 0 Å². The van der Waals surface area contributed by atoms with Gasteiger partial charge in [0.2, 0.25) is 0 Å². The fourth-order valence-electron chi connectivity index (χ4n) is 1.91. The average Bonchev–Trinajstić information content (AvgIpc) is 3.28. The summed E-state index contributed by atoms with van der Waals surface area (Å²) in [6, 6.07) is 6.28. The quantitative estimate of drug-likeness (QED) is 0.555. The van der Waals surface area contributed by atoms with E-state index in [1.807, 2.05) is 0 Å². The molecule has 1 N–H and O–H groups in total. The molecule has 126 valence electrons. The van der Waals surface area contributed by atoms with Crippen LogP contribution in [-0.2, 0) is 0 Å². The summed E-state index contributed by atoms with van der Waals surface area (Å²) in [5, 5.41) is 9.16. The summed E-state index contributed by atoms with van der Waals surface area (Å²) in [5.74, 6) is -2.96. The maximum atomic E-state index is 11.9. The molecule has 0 aliphatic carbocycles. The van der Waals surface area contributed by atoms with Crippen molar-refractivity contribution in [3.8, 4) is 11.5 Å². The minimum absolute atomic E-state index is 0.0962. The number of aromatic carboxylic acids is 1. The predicted molar refractivity (Wildman–Crippen MR) is 80.7 cm³/mol. The minimum atomic E-state index is -1.28. The SMILES string of the molecule is O=C(O)c1cc(OC(=O)c2ccoc2)cc(OC(=O)c2ccoc2)c1. The second kappa shape index (κ2) is 6.75. The highest BCUT2D eigenvalue weighted by molar-refractivity contribution is 5.93. The largest absolute Gasteiger partial charge is 0.478 e. The minimum Gasteiger partial charge on any atom is -0.478 e. The fourth-order valence-corrected chi connectivity index (χ4v) is 1.91. The lowest BCUT2D eigenvalue weighted by atomic mass is 10.2. The maximum absolute atomic E-state index is 11.9. The molecule has 3 aromatic rings. The highest BCUT2D eigenvalue weighted by atomic mass is 16.5. The summed E-state index contributed by atoms with van der Waals surface area (Å²) in [5.41, 5.74) is 0.0860. The van der Waals surface area contributed by atoms with Crippen molar-refractivity contribution in [2.24, 2.45) is 0 Å². The first kappa shape index (κ1) is 16.1.